The van der Waals surface area contributed by atoms with Gasteiger partial charge in [0, 0.05) is 0 Å². The Morgan fingerprint density at radius 1 is 1.06 bits per heavy atom. The smallest absolute Gasteiger partial charge is 0.0853 e. The van der Waals surface area contributed by atoms with E-state index in [1.165, 1.54) is 38.5 Å². The highest BCUT2D eigenvalue weighted by Crippen LogP contribution is 2.37. The molecule has 0 saturated carbocycles. The largest absolute Gasteiger partial charge is 0.388 e. The molecular formula is C14H28O2. The Labute approximate surface area is 100 Å². The molecular weight excluding hydrogens is 200 g/mol. The Kier molecular flexibility index (Phi) is 5.26. The molecule has 16 heavy (non-hydrogen) atoms. The molecule has 0 aliphatic carbocycles. The summed E-state index contributed by atoms with van der Waals surface area (Å²) in [5.41, 5.74) is -0.518. The Balaban J connectivity index is 2.51. The van der Waals surface area contributed by atoms with Crippen LogP contribution in [-0.4, -0.2) is 22.9 Å². The second kappa shape index (κ2) is 6.02. The van der Waals surface area contributed by atoms with Gasteiger partial charge in [0.25, 0.3) is 0 Å². The Bertz CT molecular complexity index is 179. The molecule has 0 aromatic rings. The number of ether oxygens (including phenoxy) is 1. The summed E-state index contributed by atoms with van der Waals surface area (Å²) in [7, 11) is 0. The average Bonchev–Trinajstić information content (AvgIpc) is 2.27. The van der Waals surface area contributed by atoms with Gasteiger partial charge in [0.05, 0.1) is 17.8 Å². The lowest BCUT2D eigenvalue weighted by Gasteiger charge is -2.43. The van der Waals surface area contributed by atoms with Crippen molar-refractivity contribution in [1.82, 2.24) is 0 Å². The minimum Gasteiger partial charge on any atom is -0.388 e. The first kappa shape index (κ1) is 14.0. The van der Waals surface area contributed by atoms with E-state index in [9.17, 15) is 5.11 Å². The molecule has 0 aromatic carbocycles. The van der Waals surface area contributed by atoms with Crippen LogP contribution in [0.15, 0.2) is 0 Å². The second-order valence-corrected chi connectivity index (χ2v) is 5.68. The lowest BCUT2D eigenvalue weighted by atomic mass is 9.80. The first-order valence-corrected chi connectivity index (χ1v) is 6.90. The normalized spacial score (nSPS) is 29.2. The molecule has 0 amide bonds. The van der Waals surface area contributed by atoms with Crippen molar-refractivity contribution < 1.29 is 9.84 Å². The van der Waals surface area contributed by atoms with Crippen molar-refractivity contribution in [2.24, 2.45) is 0 Å². The van der Waals surface area contributed by atoms with Crippen LogP contribution in [0.5, 0.6) is 0 Å². The van der Waals surface area contributed by atoms with Crippen LogP contribution in [0.3, 0.4) is 0 Å². The van der Waals surface area contributed by atoms with Crippen molar-refractivity contribution in [1.29, 1.82) is 0 Å². The SMILES string of the molecule is CCCCC1(CCCC)CCC(C)(O)CO1. The van der Waals surface area contributed by atoms with Gasteiger partial charge in [-0.25, -0.2) is 0 Å². The third-order valence-corrected chi connectivity index (χ3v) is 3.78. The van der Waals surface area contributed by atoms with Crippen LogP contribution in [0.1, 0.15) is 72.1 Å². The number of aliphatic hydroxyl groups is 1. The summed E-state index contributed by atoms with van der Waals surface area (Å²) in [6.07, 6.45) is 9.19. The van der Waals surface area contributed by atoms with E-state index < -0.39 is 5.60 Å². The molecule has 2 nitrogen and oxygen atoms in total. The standard InChI is InChI=1S/C14H28O2/c1-4-6-8-14(9-7-5-2)11-10-13(3,15)12-16-14/h15H,4-12H2,1-3H3. The summed E-state index contributed by atoms with van der Waals surface area (Å²) in [5.74, 6) is 0. The zero-order chi connectivity index (χ0) is 12.1. The third-order valence-electron chi connectivity index (χ3n) is 3.78. The van der Waals surface area contributed by atoms with Crippen molar-refractivity contribution in [2.75, 3.05) is 6.61 Å². The van der Waals surface area contributed by atoms with Crippen LogP contribution in [0.25, 0.3) is 0 Å². The molecule has 1 unspecified atom stereocenters. The fourth-order valence-electron chi connectivity index (χ4n) is 2.47. The van der Waals surface area contributed by atoms with E-state index in [4.69, 9.17) is 4.74 Å². The molecule has 0 spiro atoms. The Hall–Kier alpha value is -0.0800. The van der Waals surface area contributed by atoms with Crippen LogP contribution < -0.4 is 0 Å². The minimum absolute atomic E-state index is 0.0776. The van der Waals surface area contributed by atoms with E-state index in [0.717, 1.165) is 12.8 Å². The van der Waals surface area contributed by atoms with E-state index in [2.05, 4.69) is 13.8 Å². The molecule has 0 aromatic heterocycles. The van der Waals surface area contributed by atoms with Crippen LogP contribution in [0, 0.1) is 0 Å². The molecule has 0 radical (unpaired) electrons. The Morgan fingerprint density at radius 3 is 2.00 bits per heavy atom. The second-order valence-electron chi connectivity index (χ2n) is 5.68. The molecule has 1 aliphatic heterocycles. The quantitative estimate of drug-likeness (QED) is 0.751. The fraction of sp³-hybridized carbons (Fsp3) is 1.00. The van der Waals surface area contributed by atoms with Crippen molar-refractivity contribution in [3.05, 3.63) is 0 Å². The first-order chi connectivity index (χ1) is 7.54. The fourth-order valence-corrected chi connectivity index (χ4v) is 2.47. The number of hydrogen-bond donors (Lipinski definition) is 1. The third kappa shape index (κ3) is 4.06. The van der Waals surface area contributed by atoms with E-state index in [0.29, 0.717) is 6.61 Å². The molecule has 1 fully saturated rings. The number of hydrogen-bond acceptors (Lipinski definition) is 2. The van der Waals surface area contributed by atoms with Gasteiger partial charge in [-0.05, 0) is 32.6 Å². The van der Waals surface area contributed by atoms with Crippen molar-refractivity contribution in [2.45, 2.75) is 83.3 Å². The Morgan fingerprint density at radius 2 is 1.62 bits per heavy atom. The highest BCUT2D eigenvalue weighted by molar-refractivity contribution is 4.90. The summed E-state index contributed by atoms with van der Waals surface area (Å²) in [4.78, 5) is 0. The van der Waals surface area contributed by atoms with Crippen LogP contribution in [-0.2, 0) is 4.74 Å². The zero-order valence-electron chi connectivity index (χ0n) is 11.2. The maximum Gasteiger partial charge on any atom is 0.0853 e. The first-order valence-electron chi connectivity index (χ1n) is 6.90. The van der Waals surface area contributed by atoms with Gasteiger partial charge in [0.2, 0.25) is 0 Å². The van der Waals surface area contributed by atoms with Crippen molar-refractivity contribution in [3.8, 4) is 0 Å². The average molecular weight is 228 g/mol. The minimum atomic E-state index is -0.595. The number of rotatable bonds is 6. The molecule has 1 aliphatic rings. The molecule has 0 bridgehead atoms. The van der Waals surface area contributed by atoms with E-state index in [-0.39, 0.29) is 5.60 Å². The van der Waals surface area contributed by atoms with Crippen LogP contribution in [0.2, 0.25) is 0 Å². The van der Waals surface area contributed by atoms with Gasteiger partial charge in [0.1, 0.15) is 0 Å². The maximum absolute atomic E-state index is 9.93. The van der Waals surface area contributed by atoms with E-state index in [1.807, 2.05) is 6.92 Å². The molecule has 1 rings (SSSR count). The molecule has 1 heterocycles. The summed E-state index contributed by atoms with van der Waals surface area (Å²) in [6.45, 7) is 6.86. The molecule has 96 valence electrons. The van der Waals surface area contributed by atoms with Gasteiger partial charge in [-0.15, -0.1) is 0 Å². The summed E-state index contributed by atoms with van der Waals surface area (Å²) >= 11 is 0. The lowest BCUT2D eigenvalue weighted by molar-refractivity contribution is -0.168. The van der Waals surface area contributed by atoms with Gasteiger partial charge in [0.15, 0.2) is 0 Å². The zero-order valence-corrected chi connectivity index (χ0v) is 11.2. The molecule has 1 saturated heterocycles. The number of unbranched alkanes of at least 4 members (excludes halogenated alkanes) is 2. The molecule has 1 N–H and O–H groups in total. The van der Waals surface area contributed by atoms with Crippen molar-refractivity contribution in [3.63, 3.8) is 0 Å². The maximum atomic E-state index is 9.93. The monoisotopic (exact) mass is 228 g/mol. The van der Waals surface area contributed by atoms with E-state index in [1.54, 1.807) is 0 Å². The summed E-state index contributed by atoms with van der Waals surface area (Å²) < 4.78 is 6.04. The topological polar surface area (TPSA) is 29.5 Å². The summed E-state index contributed by atoms with van der Waals surface area (Å²) in [5, 5.41) is 9.93. The van der Waals surface area contributed by atoms with Gasteiger partial charge < -0.3 is 9.84 Å². The van der Waals surface area contributed by atoms with E-state index >= 15 is 0 Å². The van der Waals surface area contributed by atoms with Gasteiger partial charge >= 0.3 is 0 Å². The lowest BCUT2D eigenvalue weighted by Crippen LogP contribution is -2.46. The highest BCUT2D eigenvalue weighted by Gasteiger charge is 2.39. The van der Waals surface area contributed by atoms with Gasteiger partial charge in [-0.1, -0.05) is 39.5 Å². The van der Waals surface area contributed by atoms with Gasteiger partial charge in [-0.3, -0.25) is 0 Å². The predicted molar refractivity (Wildman–Crippen MR) is 67.6 cm³/mol. The van der Waals surface area contributed by atoms with Crippen molar-refractivity contribution >= 4 is 0 Å². The highest BCUT2D eigenvalue weighted by atomic mass is 16.5. The van der Waals surface area contributed by atoms with Crippen LogP contribution >= 0.6 is 0 Å². The van der Waals surface area contributed by atoms with Gasteiger partial charge in [-0.2, -0.15) is 0 Å². The predicted octanol–water partition coefficient (Wildman–Crippen LogP) is 3.67. The summed E-state index contributed by atoms with van der Waals surface area (Å²) in [6, 6.07) is 0. The molecule has 1 atom stereocenters. The molecule has 2 heteroatoms. The van der Waals surface area contributed by atoms with Crippen LogP contribution in [0.4, 0.5) is 0 Å².